The lowest BCUT2D eigenvalue weighted by atomic mass is 10.2. The third-order valence-corrected chi connectivity index (χ3v) is 1.67. The van der Waals surface area contributed by atoms with E-state index in [1.54, 1.807) is 0 Å². The fourth-order valence-corrected chi connectivity index (χ4v) is 1.01. The van der Waals surface area contributed by atoms with Crippen molar-refractivity contribution >= 4 is 11.6 Å². The van der Waals surface area contributed by atoms with E-state index >= 15 is 0 Å². The van der Waals surface area contributed by atoms with Gasteiger partial charge in [-0.1, -0.05) is 20.8 Å². The Morgan fingerprint density at radius 2 is 1.79 bits per heavy atom. The molecule has 5 nitrogen and oxygen atoms in total. The van der Waals surface area contributed by atoms with Crippen LogP contribution in [0.3, 0.4) is 0 Å². The molecule has 0 aliphatic heterocycles. The molecule has 0 radical (unpaired) electrons. The van der Waals surface area contributed by atoms with Gasteiger partial charge in [0, 0.05) is 12.3 Å². The third-order valence-electron chi connectivity index (χ3n) is 1.50. The van der Waals surface area contributed by atoms with Crippen molar-refractivity contribution in [3.63, 3.8) is 0 Å². The van der Waals surface area contributed by atoms with Crippen molar-refractivity contribution in [3.05, 3.63) is 16.9 Å². The summed E-state index contributed by atoms with van der Waals surface area (Å²) < 4.78 is 0. The van der Waals surface area contributed by atoms with Gasteiger partial charge in [-0.3, -0.25) is 11.7 Å². The minimum absolute atomic E-state index is 0.297. The maximum Gasteiger partial charge on any atom is 0.225 e. The lowest BCUT2D eigenvalue weighted by Crippen LogP contribution is -2.03. The third kappa shape index (κ3) is 3.95. The highest BCUT2D eigenvalue weighted by Gasteiger charge is 2.06. The first-order valence-corrected chi connectivity index (χ1v) is 4.75. The van der Waals surface area contributed by atoms with Crippen LogP contribution >= 0.6 is 11.6 Å². The Hall–Kier alpha value is -0.780. The Balaban J connectivity index is 0.000000791. The fourth-order valence-electron chi connectivity index (χ4n) is 0.825. The minimum Gasteiger partial charge on any atom is -0.274 e. The Morgan fingerprint density at radius 3 is 2.21 bits per heavy atom. The second kappa shape index (κ2) is 6.64. The van der Waals surface area contributed by atoms with Crippen LogP contribution in [0.2, 0.25) is 5.28 Å². The van der Waals surface area contributed by atoms with Crippen LogP contribution in [0.1, 0.15) is 38.3 Å². The number of aromatic nitrogens is 3. The van der Waals surface area contributed by atoms with E-state index in [1.165, 1.54) is 0 Å². The van der Waals surface area contributed by atoms with Crippen LogP contribution in [0, 0.1) is 0 Å². The molecule has 0 fully saturated rings. The molecular weight excluding hydrogens is 202 g/mol. The first-order valence-electron chi connectivity index (χ1n) is 4.37. The lowest BCUT2D eigenvalue weighted by molar-refractivity contribution is 0.734. The quantitative estimate of drug-likeness (QED) is 0.570. The number of aryl methyl sites for hydroxylation is 1. The van der Waals surface area contributed by atoms with Crippen LogP contribution < -0.4 is 11.7 Å². The first-order chi connectivity index (χ1) is 6.63. The van der Waals surface area contributed by atoms with Crippen LogP contribution in [0.5, 0.6) is 0 Å². The van der Waals surface area contributed by atoms with E-state index in [2.05, 4.69) is 26.6 Å². The van der Waals surface area contributed by atoms with Crippen molar-refractivity contribution < 1.29 is 0 Å². The van der Waals surface area contributed by atoms with Gasteiger partial charge in [0.25, 0.3) is 0 Å². The molecule has 0 aliphatic carbocycles. The van der Waals surface area contributed by atoms with Gasteiger partial charge in [-0.2, -0.15) is 0 Å². The highest BCUT2D eigenvalue weighted by molar-refractivity contribution is 6.28. The predicted molar refractivity (Wildman–Crippen MR) is 56.7 cm³/mol. The maximum absolute atomic E-state index is 5.71. The van der Waals surface area contributed by atoms with Gasteiger partial charge in [0.1, 0.15) is 11.6 Å². The number of rotatable bonds is 2. The van der Waals surface area contributed by atoms with Crippen LogP contribution in [0.15, 0.2) is 0 Å². The summed E-state index contributed by atoms with van der Waals surface area (Å²) in [7, 11) is 0. The van der Waals surface area contributed by atoms with Gasteiger partial charge in [0.05, 0.1) is 0 Å². The Kier molecular flexibility index (Phi) is 6.27. The van der Waals surface area contributed by atoms with Crippen molar-refractivity contribution in [3.8, 4) is 0 Å². The molecule has 1 rings (SSSR count). The van der Waals surface area contributed by atoms with E-state index in [9.17, 15) is 0 Å². The molecule has 0 aromatic carbocycles. The number of nitrogens with two attached hydrogens (primary N) is 2. The van der Waals surface area contributed by atoms with Crippen LogP contribution in [-0.4, -0.2) is 15.0 Å². The number of hydrazine groups is 1. The van der Waals surface area contributed by atoms with E-state index in [1.807, 2.05) is 20.8 Å². The topological polar surface area (TPSA) is 90.7 Å². The fraction of sp³-hybridized carbons (Fsp3) is 0.625. The lowest BCUT2D eigenvalue weighted by Gasteiger charge is -2.04. The molecule has 0 saturated carbocycles. The van der Waals surface area contributed by atoms with E-state index in [0.717, 1.165) is 18.1 Å². The molecule has 1 aromatic heterocycles. The molecule has 0 saturated heterocycles. The normalized spacial score (nSPS) is 9.64. The summed E-state index contributed by atoms with van der Waals surface area (Å²) in [6.07, 6.45) is 0.794. The molecule has 80 valence electrons. The Bertz CT molecular complexity index is 276. The average Bonchev–Trinajstić information content (AvgIpc) is 2.20. The monoisotopic (exact) mass is 217 g/mol. The number of nitrogens with zero attached hydrogens (tertiary/aromatic N) is 3. The average molecular weight is 218 g/mol. The molecule has 6 heteroatoms. The Morgan fingerprint density at radius 1 is 1.21 bits per heavy atom. The molecule has 0 atom stereocenters. The zero-order chi connectivity index (χ0) is 11.1. The first kappa shape index (κ1) is 13.2. The molecule has 1 aromatic rings. The molecule has 0 spiro atoms. The van der Waals surface area contributed by atoms with Crippen molar-refractivity contribution in [2.75, 3.05) is 0 Å². The van der Waals surface area contributed by atoms with E-state index < -0.39 is 0 Å². The maximum atomic E-state index is 5.71. The van der Waals surface area contributed by atoms with Gasteiger partial charge in [-0.25, -0.2) is 15.0 Å². The van der Waals surface area contributed by atoms with Gasteiger partial charge in [0.15, 0.2) is 0 Å². The molecule has 0 unspecified atom stereocenters. The van der Waals surface area contributed by atoms with E-state index in [0.29, 0.717) is 11.2 Å². The molecule has 0 aliphatic rings. The highest BCUT2D eigenvalue weighted by atomic mass is 35.5. The second-order valence-electron chi connectivity index (χ2n) is 2.89. The van der Waals surface area contributed by atoms with Gasteiger partial charge >= 0.3 is 0 Å². The van der Waals surface area contributed by atoms with Crippen molar-refractivity contribution in [2.24, 2.45) is 11.7 Å². The largest absolute Gasteiger partial charge is 0.274 e. The van der Waals surface area contributed by atoms with Crippen molar-refractivity contribution in [1.82, 2.24) is 15.0 Å². The molecule has 0 amide bonds. The van der Waals surface area contributed by atoms with E-state index in [4.69, 9.17) is 11.6 Å². The van der Waals surface area contributed by atoms with E-state index in [-0.39, 0.29) is 0 Å². The second-order valence-corrected chi connectivity index (χ2v) is 3.23. The van der Waals surface area contributed by atoms with Gasteiger partial charge in [-0.05, 0) is 11.6 Å². The minimum atomic E-state index is 0.297. The van der Waals surface area contributed by atoms with Crippen LogP contribution in [0.25, 0.3) is 0 Å². The zero-order valence-corrected chi connectivity index (χ0v) is 9.41. The Labute approximate surface area is 88.9 Å². The summed E-state index contributed by atoms with van der Waals surface area (Å²) in [6.45, 7) is 6.06. The molecule has 0 bridgehead atoms. The standard InChI is InChI=1S/C8H12ClN3.H4N2/c1-4-6-10-7(5(2)3)12-8(9)11-6;1-2/h5H,4H2,1-3H3;1-2H2. The zero-order valence-electron chi connectivity index (χ0n) is 8.66. The van der Waals surface area contributed by atoms with Crippen molar-refractivity contribution in [2.45, 2.75) is 33.1 Å². The number of halogens is 1. The van der Waals surface area contributed by atoms with Crippen LogP contribution in [0.4, 0.5) is 0 Å². The predicted octanol–water partition coefficient (Wildman–Crippen LogP) is 1.03. The molecular formula is C8H16ClN5. The van der Waals surface area contributed by atoms with Gasteiger partial charge in [0.2, 0.25) is 5.28 Å². The number of hydrogen-bond donors (Lipinski definition) is 2. The van der Waals surface area contributed by atoms with Gasteiger partial charge < -0.3 is 0 Å². The summed E-state index contributed by atoms with van der Waals surface area (Å²) in [5.41, 5.74) is 0. The summed E-state index contributed by atoms with van der Waals surface area (Å²) >= 11 is 5.71. The van der Waals surface area contributed by atoms with Gasteiger partial charge in [-0.15, -0.1) is 0 Å². The molecule has 1 heterocycles. The van der Waals surface area contributed by atoms with Crippen LogP contribution in [-0.2, 0) is 6.42 Å². The highest BCUT2D eigenvalue weighted by Crippen LogP contribution is 2.11. The summed E-state index contributed by atoms with van der Waals surface area (Å²) in [4.78, 5) is 12.2. The summed E-state index contributed by atoms with van der Waals surface area (Å²) in [5, 5.41) is 0.297. The molecule has 14 heavy (non-hydrogen) atoms. The number of hydrogen-bond acceptors (Lipinski definition) is 5. The summed E-state index contributed by atoms with van der Waals surface area (Å²) in [5.74, 6) is 9.83. The molecule has 4 N–H and O–H groups in total. The summed E-state index contributed by atoms with van der Waals surface area (Å²) in [6, 6.07) is 0. The van der Waals surface area contributed by atoms with Crippen molar-refractivity contribution in [1.29, 1.82) is 0 Å². The SMILES string of the molecule is CCc1nc(Cl)nc(C(C)C)n1.NN. The smallest absolute Gasteiger partial charge is 0.225 e.